The molecule has 0 unspecified atom stereocenters. The number of rotatable bonds is 0. The maximum Gasteiger partial charge on any atom is 0.416 e. The largest absolute Gasteiger partial charge is 0.416 e. The van der Waals surface area contributed by atoms with Crippen molar-refractivity contribution in [2.75, 3.05) is 0 Å². The van der Waals surface area contributed by atoms with Crippen LogP contribution in [0.4, 0.5) is 13.2 Å². The maximum absolute atomic E-state index is 12.5. The Morgan fingerprint density at radius 2 is 1.65 bits per heavy atom. The Morgan fingerprint density at radius 1 is 1.06 bits per heavy atom. The van der Waals surface area contributed by atoms with Crippen LogP contribution in [-0.2, 0) is 11.6 Å². The topological polar surface area (TPSA) is 0 Å². The smallest absolute Gasteiger partial charge is 0.166 e. The molecule has 0 saturated carbocycles. The van der Waals surface area contributed by atoms with Gasteiger partial charge in [0.25, 0.3) is 0 Å². The summed E-state index contributed by atoms with van der Waals surface area (Å²) in [5, 5.41) is 0. The first-order valence-electron chi connectivity index (χ1n) is 5.72. The van der Waals surface area contributed by atoms with E-state index in [1.807, 2.05) is 39.8 Å². The van der Waals surface area contributed by atoms with Gasteiger partial charge in [-0.05, 0) is 23.3 Å². The lowest BCUT2D eigenvalue weighted by Gasteiger charge is -2.19. The van der Waals surface area contributed by atoms with Crippen LogP contribution in [-0.4, -0.2) is 0 Å². The van der Waals surface area contributed by atoms with E-state index in [-0.39, 0.29) is 5.41 Å². The molecule has 1 aromatic carbocycles. The van der Waals surface area contributed by atoms with Crippen molar-refractivity contribution < 1.29 is 13.2 Å². The Morgan fingerprint density at radius 3 is 2.18 bits per heavy atom. The SMILES string of the molecule is CC.CC1(C)C=Cc2ccc(C(F)(F)F)cc21. The van der Waals surface area contributed by atoms with Gasteiger partial charge in [0.15, 0.2) is 0 Å². The maximum atomic E-state index is 12.5. The quantitative estimate of drug-likeness (QED) is 0.598. The molecule has 2 rings (SSSR count). The number of benzene rings is 1. The van der Waals surface area contributed by atoms with Gasteiger partial charge in [-0.25, -0.2) is 0 Å². The van der Waals surface area contributed by atoms with Gasteiger partial charge in [-0.2, -0.15) is 13.2 Å². The molecule has 0 amide bonds. The average molecular weight is 242 g/mol. The minimum Gasteiger partial charge on any atom is -0.166 e. The summed E-state index contributed by atoms with van der Waals surface area (Å²) in [6, 6.07) is 3.91. The molecule has 0 heterocycles. The zero-order valence-electron chi connectivity index (χ0n) is 10.5. The van der Waals surface area contributed by atoms with Gasteiger partial charge in [0.2, 0.25) is 0 Å². The number of fused-ring (bicyclic) bond motifs is 1. The second-order valence-electron chi connectivity index (χ2n) is 4.35. The number of hydrogen-bond donors (Lipinski definition) is 0. The molecule has 0 nitrogen and oxygen atoms in total. The molecule has 0 radical (unpaired) electrons. The first-order chi connectivity index (χ1) is 7.81. The molecule has 0 atom stereocenters. The Bertz CT molecular complexity index is 426. The summed E-state index contributed by atoms with van der Waals surface area (Å²) in [6.45, 7) is 7.82. The summed E-state index contributed by atoms with van der Waals surface area (Å²) in [4.78, 5) is 0. The van der Waals surface area contributed by atoms with E-state index in [0.29, 0.717) is 0 Å². The lowest BCUT2D eigenvalue weighted by atomic mass is 9.86. The van der Waals surface area contributed by atoms with Gasteiger partial charge in [-0.3, -0.25) is 0 Å². The molecule has 0 aromatic heterocycles. The van der Waals surface area contributed by atoms with Gasteiger partial charge in [0, 0.05) is 5.41 Å². The lowest BCUT2D eigenvalue weighted by molar-refractivity contribution is -0.137. The molecular formula is C14H17F3. The Labute approximate surface area is 100 Å². The van der Waals surface area contributed by atoms with Gasteiger partial charge < -0.3 is 0 Å². The Hall–Kier alpha value is -1.25. The van der Waals surface area contributed by atoms with Crippen molar-refractivity contribution in [3.8, 4) is 0 Å². The van der Waals surface area contributed by atoms with Crippen molar-refractivity contribution >= 4 is 6.08 Å². The number of alkyl halides is 3. The second-order valence-corrected chi connectivity index (χ2v) is 4.35. The monoisotopic (exact) mass is 242 g/mol. The van der Waals surface area contributed by atoms with Gasteiger partial charge >= 0.3 is 6.18 Å². The second kappa shape index (κ2) is 4.55. The summed E-state index contributed by atoms with van der Waals surface area (Å²) in [5.41, 5.74) is 0.764. The highest BCUT2D eigenvalue weighted by Gasteiger charge is 2.33. The van der Waals surface area contributed by atoms with Crippen LogP contribution in [0.3, 0.4) is 0 Å². The summed E-state index contributed by atoms with van der Waals surface area (Å²) < 4.78 is 37.5. The number of halogens is 3. The molecule has 1 aromatic rings. The fourth-order valence-corrected chi connectivity index (χ4v) is 1.82. The van der Waals surface area contributed by atoms with Crippen molar-refractivity contribution in [1.82, 2.24) is 0 Å². The van der Waals surface area contributed by atoms with Crippen molar-refractivity contribution in [3.05, 3.63) is 41.0 Å². The van der Waals surface area contributed by atoms with Crippen LogP contribution < -0.4 is 0 Å². The molecule has 0 fully saturated rings. The third-order valence-electron chi connectivity index (χ3n) is 2.75. The summed E-state index contributed by atoms with van der Waals surface area (Å²) >= 11 is 0. The van der Waals surface area contributed by atoms with Crippen LogP contribution in [0.15, 0.2) is 24.3 Å². The first-order valence-corrected chi connectivity index (χ1v) is 5.72. The summed E-state index contributed by atoms with van der Waals surface area (Å²) in [6.07, 6.45) is -0.457. The van der Waals surface area contributed by atoms with E-state index < -0.39 is 11.7 Å². The van der Waals surface area contributed by atoms with E-state index in [9.17, 15) is 13.2 Å². The van der Waals surface area contributed by atoms with Crippen LogP contribution in [0.5, 0.6) is 0 Å². The predicted octanol–water partition coefficient (Wildman–Crippen LogP) is 5.04. The molecule has 0 saturated heterocycles. The minimum absolute atomic E-state index is 0.295. The van der Waals surface area contributed by atoms with Crippen molar-refractivity contribution in [2.45, 2.75) is 39.3 Å². The van der Waals surface area contributed by atoms with Gasteiger partial charge in [0.1, 0.15) is 0 Å². The lowest BCUT2D eigenvalue weighted by Crippen LogP contribution is -2.13. The average Bonchev–Trinajstić information content (AvgIpc) is 2.56. The van der Waals surface area contributed by atoms with Crippen molar-refractivity contribution in [3.63, 3.8) is 0 Å². The van der Waals surface area contributed by atoms with Crippen LogP contribution >= 0.6 is 0 Å². The van der Waals surface area contributed by atoms with Gasteiger partial charge in [-0.1, -0.05) is 45.9 Å². The van der Waals surface area contributed by atoms with E-state index in [4.69, 9.17) is 0 Å². The summed E-state index contributed by atoms with van der Waals surface area (Å²) in [7, 11) is 0. The standard InChI is InChI=1S/C12H11F3.C2H6/c1-11(2)6-5-8-3-4-9(7-10(8)11)12(13,14)15;1-2/h3-7H,1-2H3;1-2H3. The minimum atomic E-state index is -4.26. The highest BCUT2D eigenvalue weighted by molar-refractivity contribution is 5.65. The normalized spacial score (nSPS) is 16.2. The third-order valence-corrected chi connectivity index (χ3v) is 2.75. The fraction of sp³-hybridized carbons (Fsp3) is 0.429. The third kappa shape index (κ3) is 2.71. The molecule has 0 spiro atoms. The van der Waals surface area contributed by atoms with E-state index in [1.165, 1.54) is 12.1 Å². The number of hydrogen-bond acceptors (Lipinski definition) is 0. The molecule has 1 aliphatic carbocycles. The van der Waals surface area contributed by atoms with Crippen LogP contribution in [0, 0.1) is 0 Å². The van der Waals surface area contributed by atoms with Crippen LogP contribution in [0.1, 0.15) is 44.4 Å². The van der Waals surface area contributed by atoms with E-state index >= 15 is 0 Å². The Balaban J connectivity index is 0.000000686. The molecule has 94 valence electrons. The van der Waals surface area contributed by atoms with Gasteiger partial charge in [-0.15, -0.1) is 0 Å². The van der Waals surface area contributed by atoms with Crippen LogP contribution in [0.25, 0.3) is 6.08 Å². The fourth-order valence-electron chi connectivity index (χ4n) is 1.82. The molecular weight excluding hydrogens is 225 g/mol. The van der Waals surface area contributed by atoms with Crippen molar-refractivity contribution in [1.29, 1.82) is 0 Å². The first kappa shape index (κ1) is 13.8. The van der Waals surface area contributed by atoms with E-state index in [1.54, 1.807) is 0 Å². The Kier molecular flexibility index (Phi) is 3.70. The molecule has 3 heteroatoms. The zero-order chi connectivity index (χ0) is 13.3. The number of allylic oxidation sites excluding steroid dienone is 1. The highest BCUT2D eigenvalue weighted by atomic mass is 19.4. The molecule has 0 bridgehead atoms. The molecule has 17 heavy (non-hydrogen) atoms. The zero-order valence-corrected chi connectivity index (χ0v) is 10.5. The van der Waals surface area contributed by atoms with Gasteiger partial charge in [0.05, 0.1) is 5.56 Å². The molecule has 0 aliphatic heterocycles. The van der Waals surface area contributed by atoms with E-state index in [0.717, 1.165) is 17.2 Å². The van der Waals surface area contributed by atoms with Crippen molar-refractivity contribution in [2.24, 2.45) is 0 Å². The van der Waals surface area contributed by atoms with Crippen LogP contribution in [0.2, 0.25) is 0 Å². The predicted molar refractivity (Wildman–Crippen MR) is 64.9 cm³/mol. The van der Waals surface area contributed by atoms with E-state index in [2.05, 4.69) is 0 Å². The molecule has 0 N–H and O–H groups in total. The molecule has 1 aliphatic rings. The summed E-state index contributed by atoms with van der Waals surface area (Å²) in [5.74, 6) is 0. The highest BCUT2D eigenvalue weighted by Crippen LogP contribution is 2.39.